The van der Waals surface area contributed by atoms with Gasteiger partial charge in [0, 0.05) is 11.1 Å². The second kappa shape index (κ2) is 10.3. The molecule has 0 aliphatic heterocycles. The summed E-state index contributed by atoms with van der Waals surface area (Å²) in [6.45, 7) is 11.6. The number of carbonyl (C=O) groups is 2. The third-order valence-electron chi connectivity index (χ3n) is 12.2. The van der Waals surface area contributed by atoms with Crippen molar-refractivity contribution in [3.63, 3.8) is 0 Å². The first-order chi connectivity index (χ1) is 21.1. The summed E-state index contributed by atoms with van der Waals surface area (Å²) >= 11 is 0. The number of ketones is 2. The lowest BCUT2D eigenvalue weighted by Crippen LogP contribution is -2.42. The molecule has 0 N–H and O–H groups in total. The fourth-order valence-corrected chi connectivity index (χ4v) is 12.8. The van der Waals surface area contributed by atoms with Crippen LogP contribution in [0.4, 0.5) is 0 Å². The average molecular weight is 665 g/mol. The topological polar surface area (TPSA) is 149 Å². The van der Waals surface area contributed by atoms with Gasteiger partial charge in [-0.3, -0.25) is 9.59 Å². The highest BCUT2D eigenvalue weighted by Gasteiger charge is 2.70. The van der Waals surface area contributed by atoms with Gasteiger partial charge in [-0.1, -0.05) is 90.1 Å². The molecule has 0 heterocycles. The van der Waals surface area contributed by atoms with E-state index in [4.69, 9.17) is 0 Å². The highest BCUT2D eigenvalue weighted by molar-refractivity contribution is 7.86. The predicted octanol–water partition coefficient (Wildman–Crippen LogP) is 5.71. The van der Waals surface area contributed by atoms with E-state index >= 15 is 0 Å². The number of carbonyl (C=O) groups excluding carboxylic acids is 2. The molecule has 10 heteroatoms. The Morgan fingerprint density at radius 3 is 1.22 bits per heavy atom. The van der Waals surface area contributed by atoms with Gasteiger partial charge in [0.2, 0.25) is 0 Å². The van der Waals surface area contributed by atoms with Crippen LogP contribution in [0.25, 0.3) is 23.3 Å². The van der Waals surface area contributed by atoms with Crippen molar-refractivity contribution in [2.24, 2.45) is 45.3 Å². The Morgan fingerprint density at radius 2 is 0.935 bits per heavy atom. The van der Waals surface area contributed by atoms with E-state index in [1.807, 2.05) is 102 Å². The molecule has 2 unspecified atom stereocenters. The van der Waals surface area contributed by atoms with E-state index in [0.717, 1.165) is 22.3 Å². The minimum Gasteiger partial charge on any atom is -0.748 e. The summed E-state index contributed by atoms with van der Waals surface area (Å²) in [5.41, 5.74) is 0.968. The number of fused-ring (bicyclic) bond motifs is 4. The number of allylic oxidation sites excluding steroid dienone is 2. The minimum absolute atomic E-state index is 0.0719. The van der Waals surface area contributed by atoms with Crippen LogP contribution in [-0.2, 0) is 29.8 Å². The molecular formula is C36H40O8S2-2. The molecule has 0 radical (unpaired) electrons. The zero-order chi connectivity index (χ0) is 33.8. The molecule has 6 rings (SSSR count). The maximum Gasteiger partial charge on any atom is 0.166 e. The molecule has 4 fully saturated rings. The van der Waals surface area contributed by atoms with Crippen LogP contribution >= 0.6 is 0 Å². The summed E-state index contributed by atoms with van der Waals surface area (Å²) in [5.74, 6) is -1.96. The molecule has 0 saturated heterocycles. The van der Waals surface area contributed by atoms with E-state index < -0.39 is 53.4 Å². The van der Waals surface area contributed by atoms with E-state index in [1.54, 1.807) is 0 Å². The second-order valence-corrected chi connectivity index (χ2v) is 18.2. The lowest BCUT2D eigenvalue weighted by Gasteiger charge is -2.36. The Balaban J connectivity index is 1.25. The Kier molecular flexibility index (Phi) is 7.38. The quantitative estimate of drug-likeness (QED) is 0.270. The summed E-state index contributed by atoms with van der Waals surface area (Å²) in [6, 6.07) is 15.4. The summed E-state index contributed by atoms with van der Waals surface area (Å²) < 4.78 is 70.9. The van der Waals surface area contributed by atoms with Crippen LogP contribution in [0.3, 0.4) is 0 Å². The maximum absolute atomic E-state index is 13.6. The van der Waals surface area contributed by atoms with Crippen LogP contribution in [-0.4, -0.2) is 49.0 Å². The van der Waals surface area contributed by atoms with Crippen molar-refractivity contribution in [2.75, 3.05) is 11.5 Å². The van der Waals surface area contributed by atoms with Crippen molar-refractivity contribution in [1.82, 2.24) is 0 Å². The van der Waals surface area contributed by atoms with Crippen LogP contribution in [0.1, 0.15) is 65.5 Å². The normalized spacial score (nSPS) is 34.7. The van der Waals surface area contributed by atoms with Crippen LogP contribution in [0.2, 0.25) is 0 Å². The molecule has 4 aliphatic carbocycles. The van der Waals surface area contributed by atoms with Crippen LogP contribution in [0, 0.1) is 45.3 Å². The van der Waals surface area contributed by atoms with Crippen LogP contribution in [0.5, 0.6) is 0 Å². The minimum atomic E-state index is -4.60. The Labute approximate surface area is 271 Å². The van der Waals surface area contributed by atoms with Crippen molar-refractivity contribution >= 4 is 44.0 Å². The second-order valence-electron chi connectivity index (χ2n) is 15.4. The third-order valence-corrected chi connectivity index (χ3v) is 13.9. The first-order valence-electron chi connectivity index (χ1n) is 15.7. The van der Waals surface area contributed by atoms with Crippen LogP contribution in [0.15, 0.2) is 59.7 Å². The van der Waals surface area contributed by atoms with Crippen molar-refractivity contribution in [3.05, 3.63) is 70.8 Å². The molecule has 8 nitrogen and oxygen atoms in total. The summed E-state index contributed by atoms with van der Waals surface area (Å²) in [5, 5.41) is 0. The largest absolute Gasteiger partial charge is 0.748 e. The molecule has 4 aliphatic rings. The van der Waals surface area contributed by atoms with Gasteiger partial charge in [-0.2, -0.15) is 0 Å². The number of benzene rings is 2. The van der Waals surface area contributed by atoms with E-state index in [1.165, 1.54) is 0 Å². The maximum atomic E-state index is 13.6. The van der Waals surface area contributed by atoms with Crippen molar-refractivity contribution < 1.29 is 35.5 Å². The molecular weight excluding hydrogens is 625 g/mol. The van der Waals surface area contributed by atoms with Gasteiger partial charge in [0.15, 0.2) is 11.6 Å². The van der Waals surface area contributed by atoms with Gasteiger partial charge in [0.05, 0.1) is 42.6 Å². The first kappa shape index (κ1) is 33.0. The fourth-order valence-electron chi connectivity index (χ4n) is 10.3. The van der Waals surface area contributed by atoms with E-state index in [0.29, 0.717) is 24.0 Å². The van der Waals surface area contributed by atoms with Crippen molar-refractivity contribution in [1.29, 1.82) is 0 Å². The van der Waals surface area contributed by atoms with Gasteiger partial charge in [-0.15, -0.1) is 0 Å². The average Bonchev–Trinajstić information content (AvgIpc) is 3.36. The monoisotopic (exact) mass is 664 g/mol. The molecule has 246 valence electrons. The fraction of sp³-hybridized carbons (Fsp3) is 0.500. The number of hydrogen-bond acceptors (Lipinski definition) is 8. The van der Waals surface area contributed by atoms with Gasteiger partial charge >= 0.3 is 0 Å². The lowest BCUT2D eigenvalue weighted by molar-refractivity contribution is -0.126. The highest BCUT2D eigenvalue weighted by Crippen LogP contribution is 2.69. The molecule has 0 aromatic heterocycles. The zero-order valence-electron chi connectivity index (χ0n) is 27.0. The Morgan fingerprint density at radius 1 is 0.630 bits per heavy atom. The molecule has 0 spiro atoms. The first-order valence-corrected chi connectivity index (χ1v) is 18.9. The van der Waals surface area contributed by atoms with Crippen molar-refractivity contribution in [3.8, 4) is 11.1 Å². The highest BCUT2D eigenvalue weighted by atomic mass is 32.2. The summed E-state index contributed by atoms with van der Waals surface area (Å²) in [4.78, 5) is 27.3. The molecule has 6 atom stereocenters. The van der Waals surface area contributed by atoms with Gasteiger partial charge in [0.1, 0.15) is 0 Å². The summed E-state index contributed by atoms with van der Waals surface area (Å²) in [7, 11) is -9.19. The molecule has 46 heavy (non-hydrogen) atoms. The van der Waals surface area contributed by atoms with Gasteiger partial charge in [0.25, 0.3) is 0 Å². The van der Waals surface area contributed by atoms with Gasteiger partial charge in [-0.05, 0) is 81.7 Å². The van der Waals surface area contributed by atoms with Crippen molar-refractivity contribution in [2.45, 2.75) is 54.4 Å². The van der Waals surface area contributed by atoms with Gasteiger partial charge < -0.3 is 9.11 Å². The number of hydrogen-bond donors (Lipinski definition) is 0. The lowest BCUT2D eigenvalue weighted by atomic mass is 9.70. The van der Waals surface area contributed by atoms with E-state index in [9.17, 15) is 35.5 Å². The number of rotatable bonds is 7. The summed E-state index contributed by atoms with van der Waals surface area (Å²) in [6.07, 6.45) is 4.45. The zero-order valence-corrected chi connectivity index (χ0v) is 28.6. The van der Waals surface area contributed by atoms with Gasteiger partial charge in [-0.25, -0.2) is 16.8 Å². The van der Waals surface area contributed by atoms with E-state index in [2.05, 4.69) is 0 Å². The number of Topliss-reactive ketones (excluding diaryl/α,β-unsaturated/α-hetero) is 2. The third kappa shape index (κ3) is 4.81. The Bertz CT molecular complexity index is 1780. The Hall–Kier alpha value is -2.92. The molecule has 2 aromatic carbocycles. The predicted molar refractivity (Wildman–Crippen MR) is 174 cm³/mol. The van der Waals surface area contributed by atoms with Crippen LogP contribution < -0.4 is 0 Å². The SMILES string of the molecule is CC1C[C@@]2(CS(=O)(=O)[O-])C(=O)/C(=C\c3ccc(-c4ccc(/C=C5\C(=O)[C@]6(CS(=O)(=O)[O-])CC(C)[C@H]5C6(C)C)cc4)cc3)[C@@H]1C2(C)C. The molecule has 4 bridgehead atoms. The van der Waals surface area contributed by atoms with E-state index in [-0.39, 0.29) is 35.2 Å². The molecule has 0 amide bonds. The molecule has 2 aromatic rings. The molecule has 4 saturated carbocycles. The standard InChI is InChI=1S/C36H42O8S2/c1-21-17-35(19-45(39,40)41)31(37)27(29(21)33(35,3)4)15-23-7-11-25(12-8-23)26-13-9-24(10-14-26)16-28-30-22(2)18-36(32(28)38,34(30,5)6)20-46(42,43)44/h7-16,21-22,29-30H,17-20H2,1-6H3,(H,39,40,41)(H,42,43,44)/p-2/b27-15-,28-16-/t21?,22?,29-,30-,35-,36-/m1/s1. The smallest absolute Gasteiger partial charge is 0.166 e.